The first-order valence-corrected chi connectivity index (χ1v) is 8.28. The molecule has 0 spiro atoms. The second-order valence-corrected chi connectivity index (χ2v) is 7.57. The van der Waals surface area contributed by atoms with Crippen molar-refractivity contribution >= 4 is 21.3 Å². The molecule has 0 saturated carbocycles. The highest BCUT2D eigenvalue weighted by Crippen LogP contribution is 2.28. The summed E-state index contributed by atoms with van der Waals surface area (Å²) in [6.07, 6.45) is 0.534. The van der Waals surface area contributed by atoms with Crippen LogP contribution in [0.4, 0.5) is 10.1 Å². The molecule has 6 heteroatoms. The Morgan fingerprint density at radius 2 is 2.05 bits per heavy atom. The van der Waals surface area contributed by atoms with Crippen molar-refractivity contribution in [3.63, 3.8) is 0 Å². The second-order valence-electron chi connectivity index (χ2n) is 5.34. The molecule has 0 aromatic heterocycles. The molecule has 0 bridgehead atoms. The molecule has 1 unspecified atom stereocenters. The van der Waals surface area contributed by atoms with Gasteiger partial charge < -0.3 is 4.90 Å². The van der Waals surface area contributed by atoms with Crippen LogP contribution in [-0.2, 0) is 9.84 Å². The number of nitrogens with zero attached hydrogens (tertiary/aromatic N) is 1. The zero-order valence-electron chi connectivity index (χ0n) is 11.8. The van der Waals surface area contributed by atoms with Crippen LogP contribution in [0.25, 0.3) is 0 Å². The number of aryl methyl sites for hydroxylation is 1. The fraction of sp³-hybridized carbons (Fsp3) is 0.500. The van der Waals surface area contributed by atoms with Gasteiger partial charge in [-0.15, -0.1) is 0 Å². The largest absolute Gasteiger partial charge is 0.370 e. The van der Waals surface area contributed by atoms with Crippen LogP contribution < -0.4 is 4.90 Å². The smallest absolute Gasteiger partial charge is 0.161 e. The average molecular weight is 299 g/mol. The summed E-state index contributed by atoms with van der Waals surface area (Å²) >= 11 is 0. The quantitative estimate of drug-likeness (QED) is 0.801. The van der Waals surface area contributed by atoms with Crippen molar-refractivity contribution in [3.05, 3.63) is 29.1 Å². The number of Topliss-reactive ketones (excluding diaryl/α,β-unsaturated/α-hetero) is 1. The fourth-order valence-corrected chi connectivity index (χ4v) is 4.29. The van der Waals surface area contributed by atoms with Crippen LogP contribution in [0.3, 0.4) is 0 Å². The Hall–Kier alpha value is -1.43. The third kappa shape index (κ3) is 2.85. The van der Waals surface area contributed by atoms with Crippen molar-refractivity contribution < 1.29 is 17.6 Å². The van der Waals surface area contributed by atoms with Gasteiger partial charge in [-0.05, 0) is 38.0 Å². The number of rotatable bonds is 3. The summed E-state index contributed by atoms with van der Waals surface area (Å²) in [7, 11) is -1.25. The van der Waals surface area contributed by atoms with Crippen LogP contribution in [0.5, 0.6) is 0 Å². The van der Waals surface area contributed by atoms with Gasteiger partial charge in [-0.3, -0.25) is 4.79 Å². The van der Waals surface area contributed by atoms with Crippen molar-refractivity contribution in [1.82, 2.24) is 0 Å². The predicted octanol–water partition coefficient (Wildman–Crippen LogP) is 1.96. The van der Waals surface area contributed by atoms with E-state index < -0.39 is 15.7 Å². The van der Waals surface area contributed by atoms with Gasteiger partial charge in [0.25, 0.3) is 0 Å². The molecule has 0 aliphatic carbocycles. The summed E-state index contributed by atoms with van der Waals surface area (Å²) in [4.78, 5) is 13.5. The lowest BCUT2D eigenvalue weighted by Crippen LogP contribution is -2.33. The van der Waals surface area contributed by atoms with Crippen LogP contribution in [0.1, 0.15) is 29.3 Å². The van der Waals surface area contributed by atoms with Gasteiger partial charge in [0.05, 0.1) is 11.5 Å². The lowest BCUT2D eigenvalue weighted by molar-refractivity contribution is 0.101. The van der Waals surface area contributed by atoms with Crippen molar-refractivity contribution in [2.45, 2.75) is 26.3 Å². The molecular weight excluding hydrogens is 281 g/mol. The third-order valence-corrected chi connectivity index (χ3v) is 5.54. The Morgan fingerprint density at radius 3 is 2.55 bits per heavy atom. The Morgan fingerprint density at radius 1 is 1.40 bits per heavy atom. The number of halogens is 1. The molecular formula is C14H18FNO3S. The van der Waals surface area contributed by atoms with E-state index in [0.717, 1.165) is 0 Å². The summed E-state index contributed by atoms with van der Waals surface area (Å²) in [5.41, 5.74) is 1.33. The van der Waals surface area contributed by atoms with Crippen molar-refractivity contribution in [1.29, 1.82) is 0 Å². The third-order valence-electron chi connectivity index (χ3n) is 3.79. The molecule has 1 aromatic carbocycles. The van der Waals surface area contributed by atoms with Gasteiger partial charge in [-0.25, -0.2) is 12.8 Å². The second kappa shape index (κ2) is 5.16. The van der Waals surface area contributed by atoms with Gasteiger partial charge in [-0.1, -0.05) is 0 Å². The van der Waals surface area contributed by atoms with Crippen molar-refractivity contribution in [2.24, 2.45) is 0 Å². The van der Waals surface area contributed by atoms with Crippen LogP contribution >= 0.6 is 0 Å². The summed E-state index contributed by atoms with van der Waals surface area (Å²) in [6.45, 7) is 3.01. The molecule has 1 aromatic rings. The van der Waals surface area contributed by atoms with E-state index in [-0.39, 0.29) is 23.3 Å². The molecule has 2 rings (SSSR count). The number of anilines is 1. The molecule has 1 aliphatic rings. The van der Waals surface area contributed by atoms with Gasteiger partial charge in [-0.2, -0.15) is 0 Å². The Labute approximate surface area is 118 Å². The lowest BCUT2D eigenvalue weighted by Gasteiger charge is -2.28. The van der Waals surface area contributed by atoms with E-state index in [9.17, 15) is 17.6 Å². The number of ketones is 1. The van der Waals surface area contributed by atoms with E-state index in [1.165, 1.54) is 13.0 Å². The zero-order valence-corrected chi connectivity index (χ0v) is 12.6. The molecule has 1 saturated heterocycles. The van der Waals surface area contributed by atoms with E-state index in [0.29, 0.717) is 23.2 Å². The van der Waals surface area contributed by atoms with Crippen molar-refractivity contribution in [2.75, 3.05) is 23.5 Å². The minimum Gasteiger partial charge on any atom is -0.370 e. The summed E-state index contributed by atoms with van der Waals surface area (Å²) < 4.78 is 36.7. The molecule has 110 valence electrons. The van der Waals surface area contributed by atoms with E-state index >= 15 is 0 Å². The fourth-order valence-electron chi connectivity index (χ4n) is 2.52. The number of benzene rings is 1. The SMILES string of the molecule is CC(=O)c1cc(F)c(C)cc1N(C)C1CCS(=O)(=O)C1. The molecule has 4 nitrogen and oxygen atoms in total. The molecule has 0 radical (unpaired) electrons. The minimum absolute atomic E-state index is 0.0806. The highest BCUT2D eigenvalue weighted by Gasteiger charge is 2.32. The van der Waals surface area contributed by atoms with E-state index in [2.05, 4.69) is 0 Å². The van der Waals surface area contributed by atoms with Gasteiger partial charge in [0.2, 0.25) is 0 Å². The highest BCUT2D eigenvalue weighted by atomic mass is 32.2. The highest BCUT2D eigenvalue weighted by molar-refractivity contribution is 7.91. The van der Waals surface area contributed by atoms with E-state index in [1.54, 1.807) is 24.9 Å². The van der Waals surface area contributed by atoms with E-state index in [4.69, 9.17) is 0 Å². The van der Waals surface area contributed by atoms with Crippen molar-refractivity contribution in [3.8, 4) is 0 Å². The molecule has 0 amide bonds. The number of carbonyl (C=O) groups is 1. The van der Waals surface area contributed by atoms with Gasteiger partial charge in [0.1, 0.15) is 5.82 Å². The van der Waals surface area contributed by atoms with Gasteiger partial charge in [0, 0.05) is 24.3 Å². The van der Waals surface area contributed by atoms with Crippen LogP contribution in [0.2, 0.25) is 0 Å². The normalized spacial score (nSPS) is 20.9. The minimum atomic E-state index is -3.00. The lowest BCUT2D eigenvalue weighted by atomic mass is 10.0. The van der Waals surface area contributed by atoms with Gasteiger partial charge >= 0.3 is 0 Å². The van der Waals surface area contributed by atoms with Crippen LogP contribution in [-0.4, -0.2) is 38.8 Å². The summed E-state index contributed by atoms with van der Waals surface area (Å²) in [5.74, 6) is -0.410. The van der Waals surface area contributed by atoms with Crippen LogP contribution in [0, 0.1) is 12.7 Å². The molecule has 1 fully saturated rings. The molecule has 1 aliphatic heterocycles. The number of hydrogen-bond donors (Lipinski definition) is 0. The maximum absolute atomic E-state index is 13.6. The molecule has 20 heavy (non-hydrogen) atoms. The standard InChI is InChI=1S/C14H18FNO3S/c1-9-6-14(12(10(2)17)7-13(9)15)16(3)11-4-5-20(18,19)8-11/h6-7,11H,4-5,8H2,1-3H3. The zero-order chi connectivity index (χ0) is 15.1. The number of sulfone groups is 1. The van der Waals surface area contributed by atoms with E-state index in [1.807, 2.05) is 0 Å². The number of carbonyl (C=O) groups excluding carboxylic acids is 1. The monoisotopic (exact) mass is 299 g/mol. The average Bonchev–Trinajstić information content (AvgIpc) is 2.71. The maximum atomic E-state index is 13.6. The molecule has 1 heterocycles. The Bertz CT molecular complexity index is 655. The summed E-state index contributed by atoms with van der Waals surface area (Å²) in [6, 6.07) is 2.67. The maximum Gasteiger partial charge on any atom is 0.161 e. The Kier molecular flexibility index (Phi) is 3.86. The first-order valence-electron chi connectivity index (χ1n) is 6.45. The first kappa shape index (κ1) is 15.0. The summed E-state index contributed by atoms with van der Waals surface area (Å²) in [5, 5.41) is 0. The first-order chi connectivity index (χ1) is 9.21. The van der Waals surface area contributed by atoms with Gasteiger partial charge in [0.15, 0.2) is 15.6 Å². The molecule has 0 N–H and O–H groups in total. The topological polar surface area (TPSA) is 54.5 Å². The Balaban J connectivity index is 2.41. The van der Waals surface area contributed by atoms with Crippen LogP contribution in [0.15, 0.2) is 12.1 Å². The predicted molar refractivity (Wildman–Crippen MR) is 76.6 cm³/mol. The number of hydrogen-bond acceptors (Lipinski definition) is 4. The molecule has 1 atom stereocenters.